The summed E-state index contributed by atoms with van der Waals surface area (Å²) in [5, 5.41) is 0.490. The van der Waals surface area contributed by atoms with Crippen molar-refractivity contribution in [1.29, 1.82) is 0 Å². The van der Waals surface area contributed by atoms with Crippen LogP contribution in [0.1, 0.15) is 32.4 Å². The maximum Gasteiger partial charge on any atom is 0.240 e. The zero-order chi connectivity index (χ0) is 22.6. The van der Waals surface area contributed by atoms with Crippen LogP contribution in [0.25, 0.3) is 0 Å². The van der Waals surface area contributed by atoms with Gasteiger partial charge in [-0.05, 0) is 29.8 Å². The van der Waals surface area contributed by atoms with Crippen LogP contribution in [0.5, 0.6) is 0 Å². The second kappa shape index (κ2) is 9.69. The highest BCUT2D eigenvalue weighted by molar-refractivity contribution is 7.89. The van der Waals surface area contributed by atoms with Gasteiger partial charge in [-0.15, -0.1) is 0 Å². The number of hydrogen-bond acceptors (Lipinski definition) is 4. The van der Waals surface area contributed by atoms with Gasteiger partial charge < -0.3 is 4.90 Å². The Morgan fingerprint density at radius 1 is 1.00 bits per heavy atom. The zero-order valence-corrected chi connectivity index (χ0v) is 19.8. The van der Waals surface area contributed by atoms with E-state index >= 15 is 0 Å². The third-order valence-electron chi connectivity index (χ3n) is 5.46. The van der Waals surface area contributed by atoms with E-state index in [0.29, 0.717) is 31.2 Å². The first-order valence-corrected chi connectivity index (χ1v) is 12.3. The van der Waals surface area contributed by atoms with Crippen molar-refractivity contribution in [3.05, 3.63) is 65.2 Å². The predicted octanol–water partition coefficient (Wildman–Crippen LogP) is 3.55. The molecule has 0 unspecified atom stereocenters. The van der Waals surface area contributed by atoms with Crippen molar-refractivity contribution in [2.24, 2.45) is 5.41 Å². The molecule has 0 aliphatic carbocycles. The molecule has 1 amide bonds. The molecular weight excluding hydrogens is 434 g/mol. The Balaban J connectivity index is 1.73. The molecule has 0 aromatic heterocycles. The standard InChI is InChI=1S/C23H30ClN3O3S/c1-23(2,3)22(28)27-15-13-26(14-16-27)21(18-7-5-4-6-8-18)17-25-31(29,30)20-11-9-19(24)10-12-20/h4-12,21,25H,13-17H2,1-3H3/t21-/m1/s1. The van der Waals surface area contributed by atoms with Crippen molar-refractivity contribution in [2.45, 2.75) is 31.7 Å². The number of benzene rings is 2. The summed E-state index contributed by atoms with van der Waals surface area (Å²) < 4.78 is 28.3. The number of carbonyl (C=O) groups excluding carboxylic acids is 1. The van der Waals surface area contributed by atoms with Crippen LogP contribution in [0.15, 0.2) is 59.5 Å². The lowest BCUT2D eigenvalue weighted by atomic mass is 9.94. The Morgan fingerprint density at radius 3 is 2.13 bits per heavy atom. The molecule has 1 fully saturated rings. The Hall–Kier alpha value is -1.93. The van der Waals surface area contributed by atoms with Crippen LogP contribution in [-0.2, 0) is 14.8 Å². The van der Waals surface area contributed by atoms with Gasteiger partial charge in [0.1, 0.15) is 0 Å². The summed E-state index contributed by atoms with van der Waals surface area (Å²) in [7, 11) is -3.66. The molecule has 6 nitrogen and oxygen atoms in total. The number of amides is 1. The SMILES string of the molecule is CC(C)(C)C(=O)N1CCN([C@H](CNS(=O)(=O)c2ccc(Cl)cc2)c2ccccc2)CC1. The molecule has 1 heterocycles. The van der Waals surface area contributed by atoms with Crippen LogP contribution >= 0.6 is 11.6 Å². The first-order valence-electron chi connectivity index (χ1n) is 10.4. The van der Waals surface area contributed by atoms with Gasteiger partial charge >= 0.3 is 0 Å². The molecule has 31 heavy (non-hydrogen) atoms. The van der Waals surface area contributed by atoms with Crippen molar-refractivity contribution in [2.75, 3.05) is 32.7 Å². The lowest BCUT2D eigenvalue weighted by molar-refractivity contribution is -0.141. The highest BCUT2D eigenvalue weighted by atomic mass is 35.5. The fourth-order valence-electron chi connectivity index (χ4n) is 3.73. The van der Waals surface area contributed by atoms with Crippen LogP contribution in [0, 0.1) is 5.41 Å². The number of nitrogens with one attached hydrogen (secondary N) is 1. The molecule has 3 rings (SSSR count). The van der Waals surface area contributed by atoms with Crippen molar-refractivity contribution < 1.29 is 13.2 Å². The summed E-state index contributed by atoms with van der Waals surface area (Å²) in [6.07, 6.45) is 0. The van der Waals surface area contributed by atoms with E-state index in [4.69, 9.17) is 11.6 Å². The van der Waals surface area contributed by atoms with Crippen LogP contribution in [-0.4, -0.2) is 56.8 Å². The molecule has 0 radical (unpaired) electrons. The van der Waals surface area contributed by atoms with Gasteiger partial charge in [0.25, 0.3) is 0 Å². The second-order valence-corrected chi connectivity index (χ2v) is 11.0. The largest absolute Gasteiger partial charge is 0.340 e. The van der Waals surface area contributed by atoms with E-state index in [0.717, 1.165) is 5.56 Å². The molecule has 168 valence electrons. The highest BCUT2D eigenvalue weighted by Gasteiger charge is 2.32. The van der Waals surface area contributed by atoms with E-state index in [1.54, 1.807) is 12.1 Å². The van der Waals surface area contributed by atoms with Crippen molar-refractivity contribution in [3.8, 4) is 0 Å². The molecule has 2 aromatic rings. The highest BCUT2D eigenvalue weighted by Crippen LogP contribution is 2.25. The Bertz CT molecular complexity index is 981. The van der Waals surface area contributed by atoms with Gasteiger partial charge in [-0.3, -0.25) is 9.69 Å². The average molecular weight is 464 g/mol. The molecule has 8 heteroatoms. The van der Waals surface area contributed by atoms with Crippen LogP contribution < -0.4 is 4.72 Å². The first-order chi connectivity index (χ1) is 14.6. The summed E-state index contributed by atoms with van der Waals surface area (Å²) in [6.45, 7) is 8.66. The van der Waals surface area contributed by atoms with Crippen molar-refractivity contribution >= 4 is 27.5 Å². The topological polar surface area (TPSA) is 69.7 Å². The van der Waals surface area contributed by atoms with E-state index in [9.17, 15) is 13.2 Å². The number of sulfonamides is 1. The molecular formula is C23H30ClN3O3S. The molecule has 1 aliphatic rings. The molecule has 2 aromatic carbocycles. The summed E-state index contributed by atoms with van der Waals surface area (Å²) in [4.78, 5) is 16.9. The second-order valence-electron chi connectivity index (χ2n) is 8.81. The lowest BCUT2D eigenvalue weighted by Crippen LogP contribution is -2.53. The molecule has 1 aliphatic heterocycles. The maximum absolute atomic E-state index is 12.8. The number of hydrogen-bond donors (Lipinski definition) is 1. The van der Waals surface area contributed by atoms with Gasteiger partial charge in [0.2, 0.25) is 15.9 Å². The molecule has 1 atom stereocenters. The van der Waals surface area contributed by atoms with Gasteiger partial charge in [0.05, 0.1) is 4.90 Å². The van der Waals surface area contributed by atoms with E-state index in [-0.39, 0.29) is 23.4 Å². The smallest absolute Gasteiger partial charge is 0.240 e. The fourth-order valence-corrected chi connectivity index (χ4v) is 4.89. The van der Waals surface area contributed by atoms with E-state index in [2.05, 4.69) is 9.62 Å². The van der Waals surface area contributed by atoms with Gasteiger partial charge in [-0.1, -0.05) is 62.7 Å². The Kier molecular flexibility index (Phi) is 7.42. The minimum absolute atomic E-state index is 0.129. The fraction of sp³-hybridized carbons (Fsp3) is 0.435. The number of piperazine rings is 1. The summed E-state index contributed by atoms with van der Waals surface area (Å²) in [5.74, 6) is 0.145. The van der Waals surface area contributed by atoms with Crippen LogP contribution in [0.4, 0.5) is 0 Å². The quantitative estimate of drug-likeness (QED) is 0.711. The zero-order valence-electron chi connectivity index (χ0n) is 18.2. The molecule has 0 spiro atoms. The van der Waals surface area contributed by atoms with Gasteiger partial charge in [-0.2, -0.15) is 0 Å². The summed E-state index contributed by atoms with van der Waals surface area (Å²) >= 11 is 5.88. The Labute approximate surface area is 190 Å². The van der Waals surface area contributed by atoms with Gasteiger partial charge in [-0.25, -0.2) is 13.1 Å². The summed E-state index contributed by atoms with van der Waals surface area (Å²) in [5.41, 5.74) is 0.631. The molecule has 0 saturated carbocycles. The van der Waals surface area contributed by atoms with Crippen LogP contribution in [0.3, 0.4) is 0 Å². The molecule has 1 N–H and O–H groups in total. The van der Waals surface area contributed by atoms with E-state index in [1.807, 2.05) is 56.0 Å². The Morgan fingerprint density at radius 2 is 1.58 bits per heavy atom. The number of carbonyl (C=O) groups is 1. The predicted molar refractivity (Wildman–Crippen MR) is 123 cm³/mol. The van der Waals surface area contributed by atoms with E-state index < -0.39 is 15.4 Å². The average Bonchev–Trinajstić information content (AvgIpc) is 2.74. The van der Waals surface area contributed by atoms with Gasteiger partial charge in [0, 0.05) is 49.2 Å². The third kappa shape index (κ3) is 6.07. The minimum atomic E-state index is -3.66. The van der Waals surface area contributed by atoms with Crippen LogP contribution in [0.2, 0.25) is 5.02 Å². The molecule has 1 saturated heterocycles. The van der Waals surface area contributed by atoms with E-state index in [1.165, 1.54) is 12.1 Å². The first kappa shape index (κ1) is 23.7. The third-order valence-corrected chi connectivity index (χ3v) is 7.15. The number of halogens is 1. The summed E-state index contributed by atoms with van der Waals surface area (Å²) in [6, 6.07) is 15.9. The van der Waals surface area contributed by atoms with Crippen molar-refractivity contribution in [1.82, 2.24) is 14.5 Å². The van der Waals surface area contributed by atoms with Gasteiger partial charge in [0.15, 0.2) is 0 Å². The van der Waals surface area contributed by atoms with Crippen molar-refractivity contribution in [3.63, 3.8) is 0 Å². The lowest BCUT2D eigenvalue weighted by Gasteiger charge is -2.41. The maximum atomic E-state index is 12.8. The number of nitrogens with zero attached hydrogens (tertiary/aromatic N) is 2. The monoisotopic (exact) mass is 463 g/mol. The molecule has 0 bridgehead atoms. The normalized spacial score (nSPS) is 16.8. The minimum Gasteiger partial charge on any atom is -0.340 e. The number of rotatable bonds is 6.